The van der Waals surface area contributed by atoms with Crippen molar-refractivity contribution >= 4 is 28.8 Å². The van der Waals surface area contributed by atoms with Crippen LogP contribution < -0.4 is 11.1 Å². The third-order valence-corrected chi connectivity index (χ3v) is 7.89. The number of carboxylic acid groups (broad SMARTS) is 1. The zero-order valence-corrected chi connectivity index (χ0v) is 26.9. The van der Waals surface area contributed by atoms with Crippen LogP contribution in [0, 0.1) is 17.2 Å². The number of rotatable bonds is 11. The summed E-state index contributed by atoms with van der Waals surface area (Å²) in [6.07, 6.45) is 18.2. The summed E-state index contributed by atoms with van der Waals surface area (Å²) < 4.78 is 22.5. The van der Waals surface area contributed by atoms with E-state index in [4.69, 9.17) is 10.8 Å². The van der Waals surface area contributed by atoms with Gasteiger partial charge in [0.25, 0.3) is 0 Å². The number of piperidine rings is 1. The lowest BCUT2D eigenvalue weighted by molar-refractivity contribution is -0.161. The number of likely N-dealkylation sites (tertiary alicyclic amines) is 1. The molecule has 2 atom stereocenters. The summed E-state index contributed by atoms with van der Waals surface area (Å²) in [7, 11) is 0. The van der Waals surface area contributed by atoms with E-state index in [0.717, 1.165) is 19.0 Å². The van der Waals surface area contributed by atoms with Crippen LogP contribution in [0.5, 0.6) is 0 Å². The molecule has 0 aromatic carbocycles. The number of aliphatic hydroxyl groups excluding tert-OH is 1. The molecule has 2 heterocycles. The molecule has 0 radical (unpaired) electrons. The molecule has 3 rings (SSSR count). The molecule has 2 fully saturated rings. The Morgan fingerprint density at radius 2 is 1.83 bits per heavy atom. The van der Waals surface area contributed by atoms with Crippen LogP contribution in [-0.2, 0) is 9.59 Å². The van der Waals surface area contributed by atoms with Crippen molar-refractivity contribution in [2.45, 2.75) is 77.7 Å². The van der Waals surface area contributed by atoms with E-state index in [-0.39, 0.29) is 23.0 Å². The number of carbonyl (C=O) groups excluding carboxylic acids is 1. The van der Waals surface area contributed by atoms with E-state index >= 15 is 0 Å². The van der Waals surface area contributed by atoms with E-state index in [1.165, 1.54) is 50.7 Å². The van der Waals surface area contributed by atoms with E-state index in [9.17, 15) is 28.7 Å². The van der Waals surface area contributed by atoms with Crippen molar-refractivity contribution in [3.8, 4) is 6.07 Å². The van der Waals surface area contributed by atoms with Gasteiger partial charge in [0.1, 0.15) is 23.2 Å². The lowest BCUT2D eigenvalue weighted by Crippen LogP contribution is -2.47. The normalized spacial score (nSPS) is 19.3. The Morgan fingerprint density at radius 3 is 2.41 bits per heavy atom. The third-order valence-electron chi connectivity index (χ3n) is 7.89. The topological polar surface area (TPSA) is 153 Å². The first-order chi connectivity index (χ1) is 21.8. The fourth-order valence-corrected chi connectivity index (χ4v) is 5.75. The van der Waals surface area contributed by atoms with Crippen molar-refractivity contribution in [1.29, 1.82) is 5.26 Å². The first-order valence-electron chi connectivity index (χ1n) is 15.3. The zero-order valence-electron chi connectivity index (χ0n) is 26.9. The van der Waals surface area contributed by atoms with Crippen LogP contribution in [0.3, 0.4) is 0 Å². The Bertz CT molecular complexity index is 1450. The molecule has 2 unspecified atom stereocenters. The summed E-state index contributed by atoms with van der Waals surface area (Å²) in [5.41, 5.74) is 8.68. The summed E-state index contributed by atoms with van der Waals surface area (Å²) in [6, 6.07) is 4.43. The minimum Gasteiger partial charge on any atom is -0.507 e. The number of amides is 1. The molecule has 1 aromatic heterocycles. The highest BCUT2D eigenvalue weighted by Gasteiger charge is 2.33. The summed E-state index contributed by atoms with van der Waals surface area (Å²) in [5.74, 6) is -4.97. The fraction of sp³-hybridized carbons (Fsp3) is 0.429. The molecule has 1 saturated carbocycles. The second-order valence-electron chi connectivity index (χ2n) is 11.3. The predicted molar refractivity (Wildman–Crippen MR) is 177 cm³/mol. The number of aliphatic carboxylic acids is 1. The number of carbonyl (C=O) groups is 2. The molecule has 9 nitrogen and oxygen atoms in total. The number of nitrogen functional groups attached to an aromatic ring is 1. The van der Waals surface area contributed by atoms with Crippen LogP contribution in [0.25, 0.3) is 11.1 Å². The number of anilines is 1. The van der Waals surface area contributed by atoms with Crippen molar-refractivity contribution < 1.29 is 28.6 Å². The maximum Gasteiger partial charge on any atom is 0.374 e. The number of hydrogen-bond donors (Lipinski definition) is 4. The van der Waals surface area contributed by atoms with Crippen molar-refractivity contribution in [2.75, 3.05) is 18.8 Å². The first kappa shape index (κ1) is 37.6. The number of fused-ring (bicyclic) bond motifs is 1. The Balaban J connectivity index is 0.000000942. The molecule has 0 spiro atoms. The van der Waals surface area contributed by atoms with Crippen LogP contribution in [0.15, 0.2) is 67.1 Å². The third kappa shape index (κ3) is 10.8. The second kappa shape index (κ2) is 17.8. The van der Waals surface area contributed by atoms with Crippen molar-refractivity contribution in [3.05, 3.63) is 84.0 Å². The van der Waals surface area contributed by atoms with Crippen LogP contribution in [0.4, 0.5) is 14.6 Å². The average Bonchev–Trinajstić information content (AvgIpc) is 3.00. The molecule has 11 heteroatoms. The van der Waals surface area contributed by atoms with Crippen LogP contribution in [-0.4, -0.2) is 57.0 Å². The first-order valence-corrected chi connectivity index (χ1v) is 15.3. The molecular weight excluding hydrogens is 592 g/mol. The van der Waals surface area contributed by atoms with E-state index in [0.29, 0.717) is 47.5 Å². The average molecular weight is 638 g/mol. The molecule has 1 aliphatic heterocycles. The smallest absolute Gasteiger partial charge is 0.374 e. The molecular formula is C35H45F2N5O4. The minimum atomic E-state index is -3.58. The van der Waals surface area contributed by atoms with Gasteiger partial charge in [0.05, 0.1) is 5.69 Å². The van der Waals surface area contributed by atoms with Gasteiger partial charge in [-0.25, -0.2) is 9.78 Å². The van der Waals surface area contributed by atoms with E-state index in [1.54, 1.807) is 25.1 Å². The summed E-state index contributed by atoms with van der Waals surface area (Å²) in [5, 5.41) is 30.7. The molecule has 1 amide bonds. The molecule has 2 aliphatic rings. The van der Waals surface area contributed by atoms with Crippen LogP contribution in [0.2, 0.25) is 0 Å². The molecule has 1 aliphatic carbocycles. The van der Waals surface area contributed by atoms with Gasteiger partial charge in [-0.15, -0.1) is 0 Å². The van der Waals surface area contributed by atoms with E-state index in [1.807, 2.05) is 19.1 Å². The maximum atomic E-state index is 12.8. The number of nitriles is 1. The van der Waals surface area contributed by atoms with Gasteiger partial charge in [-0.2, -0.15) is 14.0 Å². The fourth-order valence-electron chi connectivity index (χ4n) is 5.75. The van der Waals surface area contributed by atoms with Gasteiger partial charge in [0, 0.05) is 42.8 Å². The van der Waals surface area contributed by atoms with Gasteiger partial charge in [0.15, 0.2) is 0 Å². The van der Waals surface area contributed by atoms with Gasteiger partial charge < -0.3 is 21.3 Å². The van der Waals surface area contributed by atoms with Gasteiger partial charge in [-0.05, 0) is 75.8 Å². The van der Waals surface area contributed by atoms with Gasteiger partial charge >= 0.3 is 11.9 Å². The highest BCUT2D eigenvalue weighted by molar-refractivity contribution is 5.86. The van der Waals surface area contributed by atoms with Gasteiger partial charge in [-0.1, -0.05) is 50.3 Å². The largest absolute Gasteiger partial charge is 0.507 e. The standard InChI is InChI=1S/C32H41N5O2.C3H4F2O2/c1-5-11-24(26-20-28(36-32(34)27(26)21-33)25(7-3)30(38)12-6-2)19-22(4)35-31(39)16-18-37-17-10-14-23-13-8-9-15-29(23)37;1-3(4,5)2(6)7/h5-7,11-12,19-20,23,29,38H,3-4,8-10,13-18H2,1-2H3,(H2,34,36)(H,35,39);1H3,(H,6,7)/b11-5-,12-6-,24-19+,30-25-;. The number of nitrogens with one attached hydrogen (secondary N) is 1. The number of pyridine rings is 1. The molecule has 0 bridgehead atoms. The SMILES string of the molecule is C=C/C(=C(O)\C=C/C)c1cc(C(/C=C\C)=C/C(=C)NC(=O)CCN2CCCC3CCCCC32)c(C#N)c(N)n1.CC(F)(F)C(=O)O. The van der Waals surface area contributed by atoms with E-state index in [2.05, 4.69) is 34.4 Å². The monoisotopic (exact) mass is 637 g/mol. The summed E-state index contributed by atoms with van der Waals surface area (Å²) >= 11 is 0. The lowest BCUT2D eigenvalue weighted by atomic mass is 9.78. The van der Waals surface area contributed by atoms with Crippen molar-refractivity contribution in [2.24, 2.45) is 5.92 Å². The van der Waals surface area contributed by atoms with E-state index < -0.39 is 11.9 Å². The minimum absolute atomic E-state index is 0.0171. The van der Waals surface area contributed by atoms with Crippen molar-refractivity contribution in [3.63, 3.8) is 0 Å². The zero-order chi connectivity index (χ0) is 34.4. The number of aliphatic hydroxyl groups is 1. The lowest BCUT2D eigenvalue weighted by Gasteiger charge is -2.44. The number of aromatic nitrogens is 1. The predicted octanol–water partition coefficient (Wildman–Crippen LogP) is 6.93. The molecule has 46 heavy (non-hydrogen) atoms. The van der Waals surface area contributed by atoms with Gasteiger partial charge in [0.2, 0.25) is 5.91 Å². The number of hydrogen-bond acceptors (Lipinski definition) is 7. The molecule has 5 N–H and O–H groups in total. The highest BCUT2D eigenvalue weighted by atomic mass is 19.3. The quantitative estimate of drug-likeness (QED) is 0.151. The Hall–Kier alpha value is -4.56. The molecule has 248 valence electrons. The number of alkyl halides is 2. The summed E-state index contributed by atoms with van der Waals surface area (Å²) in [6.45, 7) is 13.6. The Kier molecular flexibility index (Phi) is 14.6. The second-order valence-corrected chi connectivity index (χ2v) is 11.3. The number of nitrogens with two attached hydrogens (primary N) is 1. The number of nitrogens with zero attached hydrogens (tertiary/aromatic N) is 3. The molecule has 1 saturated heterocycles. The number of carboxylic acids is 1. The van der Waals surface area contributed by atoms with Crippen molar-refractivity contribution in [1.82, 2.24) is 15.2 Å². The van der Waals surface area contributed by atoms with Crippen LogP contribution >= 0.6 is 0 Å². The summed E-state index contributed by atoms with van der Waals surface area (Å²) in [4.78, 5) is 29.0. The Morgan fingerprint density at radius 1 is 1.20 bits per heavy atom. The Labute approximate surface area is 270 Å². The van der Waals surface area contributed by atoms with Crippen LogP contribution in [0.1, 0.15) is 82.5 Å². The number of halogens is 2. The highest BCUT2D eigenvalue weighted by Crippen LogP contribution is 2.35. The molecule has 1 aromatic rings. The number of allylic oxidation sites excluding steroid dienone is 8. The van der Waals surface area contributed by atoms with Gasteiger partial charge in [-0.3, -0.25) is 9.69 Å². The maximum absolute atomic E-state index is 12.8.